The minimum atomic E-state index is -0.518. The van der Waals surface area contributed by atoms with Crippen LogP contribution in [0.5, 0.6) is 0 Å². The first kappa shape index (κ1) is 20.8. The van der Waals surface area contributed by atoms with Crippen molar-refractivity contribution in [1.82, 2.24) is 9.80 Å². The van der Waals surface area contributed by atoms with Gasteiger partial charge in [0.2, 0.25) is 0 Å². The van der Waals surface area contributed by atoms with E-state index in [-0.39, 0.29) is 18.2 Å². The lowest BCUT2D eigenvalue weighted by Crippen LogP contribution is -2.49. The second-order valence-corrected chi connectivity index (χ2v) is 8.69. The second-order valence-electron chi connectivity index (χ2n) is 7.36. The standard InChI is InChI=1S/C18H25BrClN3O3/c1-18(2,3)26-17(25)22(4)13-7-9-23(10-8-13)16(24)21-15-6-5-12(19)11-14(15)20/h5-6,11,13H,7-10H2,1-4H3,(H,21,24). The zero-order valence-corrected chi connectivity index (χ0v) is 17.9. The van der Waals surface area contributed by atoms with Crippen LogP contribution in [-0.4, -0.2) is 53.7 Å². The molecule has 0 radical (unpaired) electrons. The van der Waals surface area contributed by atoms with Gasteiger partial charge in [-0.1, -0.05) is 27.5 Å². The lowest BCUT2D eigenvalue weighted by molar-refractivity contribution is 0.0170. The highest BCUT2D eigenvalue weighted by Gasteiger charge is 2.30. The highest BCUT2D eigenvalue weighted by atomic mass is 79.9. The minimum absolute atomic E-state index is 0.0603. The molecule has 0 aromatic heterocycles. The fourth-order valence-corrected chi connectivity index (χ4v) is 3.45. The van der Waals surface area contributed by atoms with Crippen molar-refractivity contribution in [3.63, 3.8) is 0 Å². The molecular weight excluding hydrogens is 422 g/mol. The molecule has 0 atom stereocenters. The lowest BCUT2D eigenvalue weighted by Gasteiger charge is -2.37. The Bertz CT molecular complexity index is 670. The number of amides is 3. The van der Waals surface area contributed by atoms with Crippen LogP contribution in [0.15, 0.2) is 22.7 Å². The first-order valence-electron chi connectivity index (χ1n) is 8.53. The quantitative estimate of drug-likeness (QED) is 0.698. The maximum Gasteiger partial charge on any atom is 0.410 e. The smallest absolute Gasteiger partial charge is 0.410 e. The Labute approximate surface area is 167 Å². The molecule has 3 amide bonds. The van der Waals surface area contributed by atoms with Crippen molar-refractivity contribution < 1.29 is 14.3 Å². The fraction of sp³-hybridized carbons (Fsp3) is 0.556. The molecule has 1 aromatic rings. The van der Waals surface area contributed by atoms with Crippen LogP contribution in [0.4, 0.5) is 15.3 Å². The zero-order valence-electron chi connectivity index (χ0n) is 15.5. The fourth-order valence-electron chi connectivity index (χ4n) is 2.72. The summed E-state index contributed by atoms with van der Waals surface area (Å²) in [4.78, 5) is 28.0. The number of rotatable bonds is 2. The van der Waals surface area contributed by atoms with Crippen molar-refractivity contribution in [2.45, 2.75) is 45.3 Å². The molecule has 1 fully saturated rings. The van der Waals surface area contributed by atoms with E-state index in [4.69, 9.17) is 16.3 Å². The van der Waals surface area contributed by atoms with Gasteiger partial charge in [-0.25, -0.2) is 9.59 Å². The number of piperidine rings is 1. The van der Waals surface area contributed by atoms with Gasteiger partial charge in [0, 0.05) is 30.7 Å². The zero-order chi connectivity index (χ0) is 19.5. The number of carbonyl (C=O) groups excluding carboxylic acids is 2. The molecule has 0 aliphatic carbocycles. The number of nitrogens with one attached hydrogen (secondary N) is 1. The average molecular weight is 447 g/mol. The Kier molecular flexibility index (Phi) is 6.80. The summed E-state index contributed by atoms with van der Waals surface area (Å²) in [5.41, 5.74) is 0.0587. The Hall–Kier alpha value is -1.47. The van der Waals surface area contributed by atoms with Gasteiger partial charge >= 0.3 is 12.1 Å². The van der Waals surface area contributed by atoms with E-state index in [0.29, 0.717) is 36.6 Å². The number of likely N-dealkylation sites (tertiary alicyclic amines) is 1. The Morgan fingerprint density at radius 1 is 1.31 bits per heavy atom. The van der Waals surface area contributed by atoms with E-state index in [1.165, 1.54) is 0 Å². The molecule has 1 saturated heterocycles. The van der Waals surface area contributed by atoms with Crippen LogP contribution in [0.2, 0.25) is 5.02 Å². The molecule has 0 spiro atoms. The first-order chi connectivity index (χ1) is 12.1. The van der Waals surface area contributed by atoms with Crippen LogP contribution in [-0.2, 0) is 4.74 Å². The monoisotopic (exact) mass is 445 g/mol. The van der Waals surface area contributed by atoms with Crippen molar-refractivity contribution in [2.75, 3.05) is 25.5 Å². The van der Waals surface area contributed by atoms with Crippen molar-refractivity contribution >= 4 is 45.3 Å². The summed E-state index contributed by atoms with van der Waals surface area (Å²) in [6, 6.07) is 5.19. The lowest BCUT2D eigenvalue weighted by atomic mass is 10.0. The molecule has 0 bridgehead atoms. The third kappa shape index (κ3) is 5.77. The van der Waals surface area contributed by atoms with Crippen molar-refractivity contribution in [3.8, 4) is 0 Å². The van der Waals surface area contributed by atoms with Crippen molar-refractivity contribution in [3.05, 3.63) is 27.7 Å². The normalized spacial score (nSPS) is 15.5. The molecule has 8 heteroatoms. The molecule has 1 aliphatic rings. The molecular formula is C18H25BrClN3O3. The van der Waals surface area contributed by atoms with Gasteiger partial charge in [-0.3, -0.25) is 0 Å². The van der Waals surface area contributed by atoms with Crippen molar-refractivity contribution in [2.24, 2.45) is 0 Å². The summed E-state index contributed by atoms with van der Waals surface area (Å²) < 4.78 is 6.26. The summed E-state index contributed by atoms with van der Waals surface area (Å²) in [6.45, 7) is 6.67. The number of nitrogens with zero attached hydrogens (tertiary/aromatic N) is 2. The molecule has 26 heavy (non-hydrogen) atoms. The summed E-state index contributed by atoms with van der Waals surface area (Å²) in [7, 11) is 1.75. The van der Waals surface area contributed by atoms with Gasteiger partial charge in [-0.05, 0) is 51.8 Å². The van der Waals surface area contributed by atoms with Gasteiger partial charge in [0.05, 0.1) is 10.7 Å². The Morgan fingerprint density at radius 3 is 2.46 bits per heavy atom. The Balaban J connectivity index is 1.87. The summed E-state index contributed by atoms with van der Waals surface area (Å²) in [5, 5.41) is 3.31. The maximum absolute atomic E-state index is 12.4. The van der Waals surface area contributed by atoms with E-state index in [2.05, 4.69) is 21.2 Å². The van der Waals surface area contributed by atoms with Crippen LogP contribution < -0.4 is 5.32 Å². The van der Waals surface area contributed by atoms with Crippen LogP contribution in [0.1, 0.15) is 33.6 Å². The average Bonchev–Trinajstić information content (AvgIpc) is 2.55. The third-order valence-corrected chi connectivity index (χ3v) is 4.96. The first-order valence-corrected chi connectivity index (χ1v) is 9.71. The number of urea groups is 1. The SMILES string of the molecule is CN(C(=O)OC(C)(C)C)C1CCN(C(=O)Nc2ccc(Br)cc2Cl)CC1. The predicted molar refractivity (Wildman–Crippen MR) is 107 cm³/mol. The van der Waals surface area contributed by atoms with E-state index in [1.807, 2.05) is 26.8 Å². The Morgan fingerprint density at radius 2 is 1.92 bits per heavy atom. The van der Waals surface area contributed by atoms with E-state index in [0.717, 1.165) is 4.47 Å². The third-order valence-electron chi connectivity index (χ3n) is 4.15. The van der Waals surface area contributed by atoms with E-state index >= 15 is 0 Å². The van der Waals surface area contributed by atoms with Crippen LogP contribution in [0.25, 0.3) is 0 Å². The van der Waals surface area contributed by atoms with Gasteiger partial charge in [0.1, 0.15) is 5.60 Å². The van der Waals surface area contributed by atoms with Gasteiger partial charge in [0.25, 0.3) is 0 Å². The predicted octanol–water partition coefficient (Wildman–Crippen LogP) is 4.97. The van der Waals surface area contributed by atoms with E-state index in [1.54, 1.807) is 29.0 Å². The molecule has 2 rings (SSSR count). The van der Waals surface area contributed by atoms with E-state index < -0.39 is 5.60 Å². The van der Waals surface area contributed by atoms with Gasteiger partial charge in [-0.2, -0.15) is 0 Å². The topological polar surface area (TPSA) is 61.9 Å². The number of anilines is 1. The number of hydrogen-bond acceptors (Lipinski definition) is 3. The molecule has 144 valence electrons. The van der Waals surface area contributed by atoms with Gasteiger partial charge < -0.3 is 19.9 Å². The number of hydrogen-bond donors (Lipinski definition) is 1. The van der Waals surface area contributed by atoms with E-state index in [9.17, 15) is 9.59 Å². The molecule has 0 unspecified atom stereocenters. The maximum atomic E-state index is 12.4. The molecule has 1 heterocycles. The largest absolute Gasteiger partial charge is 0.444 e. The molecule has 0 saturated carbocycles. The van der Waals surface area contributed by atoms with Crippen LogP contribution in [0.3, 0.4) is 0 Å². The molecule has 1 aliphatic heterocycles. The molecule has 6 nitrogen and oxygen atoms in total. The highest BCUT2D eigenvalue weighted by molar-refractivity contribution is 9.10. The summed E-state index contributed by atoms with van der Waals surface area (Å²) in [6.07, 6.45) is 1.08. The minimum Gasteiger partial charge on any atom is -0.444 e. The molecule has 1 aromatic carbocycles. The summed E-state index contributed by atoms with van der Waals surface area (Å²) in [5.74, 6) is 0. The second kappa shape index (κ2) is 8.48. The van der Waals surface area contributed by atoms with Crippen molar-refractivity contribution in [1.29, 1.82) is 0 Å². The summed E-state index contributed by atoms with van der Waals surface area (Å²) >= 11 is 9.48. The number of carbonyl (C=O) groups is 2. The van der Waals surface area contributed by atoms with Crippen LogP contribution >= 0.6 is 27.5 Å². The number of ether oxygens (including phenoxy) is 1. The van der Waals surface area contributed by atoms with Gasteiger partial charge in [0.15, 0.2) is 0 Å². The number of halogens is 2. The highest BCUT2D eigenvalue weighted by Crippen LogP contribution is 2.26. The van der Waals surface area contributed by atoms with Crippen LogP contribution in [0, 0.1) is 0 Å². The van der Waals surface area contributed by atoms with Gasteiger partial charge in [-0.15, -0.1) is 0 Å². The molecule has 1 N–H and O–H groups in total. The number of benzene rings is 1.